The predicted molar refractivity (Wildman–Crippen MR) is 89.5 cm³/mol. The molecule has 174 valence electrons. The van der Waals surface area contributed by atoms with E-state index < -0.39 is 55.2 Å². The van der Waals surface area contributed by atoms with Crippen LogP contribution in [0.25, 0.3) is 11.2 Å². The number of nitrogen functional groups attached to an aromatic ring is 1. The number of aromatic nitrogens is 4. The van der Waals surface area contributed by atoms with E-state index in [0.29, 0.717) is 4.86 Å². The molecule has 0 bridgehead atoms. The van der Waals surface area contributed by atoms with Gasteiger partial charge in [-0.15, -0.1) is 4.31 Å². The summed E-state index contributed by atoms with van der Waals surface area (Å²) in [5.41, 5.74) is 5.97. The number of aliphatic hydroxyl groups excluding tert-OH is 2. The molecule has 1 saturated heterocycles. The van der Waals surface area contributed by atoms with Gasteiger partial charge in [-0.1, -0.05) is 4.86 Å². The van der Waals surface area contributed by atoms with Crippen molar-refractivity contribution >= 4 is 41.0 Å². The van der Waals surface area contributed by atoms with Gasteiger partial charge in [-0.3, -0.25) is 9.09 Å². The summed E-state index contributed by atoms with van der Waals surface area (Å²) in [5, 5.41) is 20.4. The van der Waals surface area contributed by atoms with Gasteiger partial charge in [-0.2, -0.15) is 0 Å². The molecule has 3 heterocycles. The Morgan fingerprint density at radius 2 is 1.90 bits per heavy atom. The normalized spacial score (nSPS) is 27.0. The lowest BCUT2D eigenvalue weighted by molar-refractivity contribution is -0.433. The van der Waals surface area contributed by atoms with Crippen molar-refractivity contribution < 1.29 is 57.7 Å². The molecule has 0 spiro atoms. The largest absolute Gasteiger partial charge is 0.670 e. The van der Waals surface area contributed by atoms with Gasteiger partial charge >= 0.3 is 7.82 Å². The van der Waals surface area contributed by atoms with Crippen LogP contribution in [-0.2, 0) is 18.1 Å². The number of aliphatic hydroxyl groups is 2. The number of fused-ring (bicyclic) bond motifs is 1. The molecule has 1 aliphatic heterocycles. The number of ether oxygens (including phenoxy) is 1. The van der Waals surface area contributed by atoms with E-state index in [0.717, 1.165) is 6.33 Å². The Bertz CT molecular complexity index is 986. The first-order valence-electron chi connectivity index (χ1n) is 7.95. The van der Waals surface area contributed by atoms with Crippen LogP contribution in [0.4, 0.5) is 5.82 Å². The number of nitrogens with one attached hydrogen (secondary N) is 1. The minimum absolute atomic E-state index is 0.0337. The molecule has 2 aromatic rings. The molecule has 21 heteroatoms. The lowest BCUT2D eigenvalue weighted by atomic mass is 10.1. The van der Waals surface area contributed by atoms with Crippen LogP contribution < -0.4 is 35.1 Å². The Balaban J connectivity index is 1.68. The summed E-state index contributed by atoms with van der Waals surface area (Å²) in [7, 11) is -17.2. The molecule has 0 radical (unpaired) electrons. The fraction of sp³-hybridized carbons (Fsp3) is 0.500. The third-order valence-corrected chi connectivity index (χ3v) is 7.98. The molecular formula is C10H14N6O12P3-3. The van der Waals surface area contributed by atoms with Crippen LogP contribution in [0.3, 0.4) is 0 Å². The second kappa shape index (κ2) is 8.72. The van der Waals surface area contributed by atoms with Crippen molar-refractivity contribution in [3.8, 4) is 0 Å². The third kappa shape index (κ3) is 5.85. The minimum atomic E-state index is -5.86. The Hall–Kier alpha value is -1.04. The van der Waals surface area contributed by atoms with E-state index in [2.05, 4.69) is 23.8 Å². The highest BCUT2D eigenvalue weighted by molar-refractivity contribution is 7.73. The molecule has 3 rings (SSSR count). The third-order valence-electron chi connectivity index (χ3n) is 3.86. The molecule has 1 unspecified atom stereocenters. The molecule has 0 saturated carbocycles. The molecule has 1 fully saturated rings. The van der Waals surface area contributed by atoms with Gasteiger partial charge in [0.15, 0.2) is 25.8 Å². The number of nitrogens with two attached hydrogens (primary N) is 1. The van der Waals surface area contributed by atoms with Crippen LogP contribution in [0, 0.1) is 0 Å². The van der Waals surface area contributed by atoms with Gasteiger partial charge in [0, 0.05) is 0 Å². The van der Waals surface area contributed by atoms with Gasteiger partial charge < -0.3 is 50.0 Å². The molecule has 0 amide bonds. The highest BCUT2D eigenvalue weighted by Gasteiger charge is 2.46. The summed E-state index contributed by atoms with van der Waals surface area (Å²) in [6, 6.07) is 0. The molecule has 2 aromatic heterocycles. The maximum absolute atomic E-state index is 11.7. The topological polar surface area (TPSA) is 302 Å². The lowest BCUT2D eigenvalue weighted by Crippen LogP contribution is -2.48. The second-order valence-corrected chi connectivity index (χ2v) is 10.7. The zero-order valence-electron chi connectivity index (χ0n) is 14.9. The maximum atomic E-state index is 11.7. The summed E-state index contributed by atoms with van der Waals surface area (Å²) in [4.78, 5) is 75.5. The van der Waals surface area contributed by atoms with E-state index in [-0.39, 0.29) is 17.0 Å². The van der Waals surface area contributed by atoms with Gasteiger partial charge in [0.25, 0.3) is 0 Å². The van der Waals surface area contributed by atoms with E-state index in [1.165, 1.54) is 10.9 Å². The van der Waals surface area contributed by atoms with Crippen LogP contribution in [-0.4, -0.2) is 59.5 Å². The van der Waals surface area contributed by atoms with Gasteiger partial charge in [0.1, 0.15) is 30.2 Å². The van der Waals surface area contributed by atoms with Crippen LogP contribution in [0.2, 0.25) is 0 Å². The van der Waals surface area contributed by atoms with Crippen molar-refractivity contribution in [2.24, 2.45) is 0 Å². The molecule has 0 aliphatic carbocycles. The molecule has 1 aliphatic rings. The van der Waals surface area contributed by atoms with Gasteiger partial charge in [-0.05, 0) is 8.09 Å². The molecule has 31 heavy (non-hydrogen) atoms. The van der Waals surface area contributed by atoms with Crippen LogP contribution in [0.5, 0.6) is 0 Å². The highest BCUT2D eigenvalue weighted by atomic mass is 31.3. The van der Waals surface area contributed by atoms with Crippen molar-refractivity contribution in [2.75, 3.05) is 12.3 Å². The number of hydrogen-bond donors (Lipinski definition) is 5. The van der Waals surface area contributed by atoms with Crippen LogP contribution in [0.15, 0.2) is 12.7 Å². The number of imidazole rings is 1. The van der Waals surface area contributed by atoms with Crippen LogP contribution in [0.1, 0.15) is 6.23 Å². The Morgan fingerprint density at radius 1 is 1.23 bits per heavy atom. The number of hydrogen-bond acceptors (Lipinski definition) is 16. The number of phosphoric ester groups is 1. The average molecular weight is 503 g/mol. The molecule has 18 nitrogen and oxygen atoms in total. The quantitative estimate of drug-likeness (QED) is 0.209. The van der Waals surface area contributed by atoms with Crippen molar-refractivity contribution in [1.29, 1.82) is 0 Å². The van der Waals surface area contributed by atoms with Gasteiger partial charge in [0.2, 0.25) is 0 Å². The highest BCUT2D eigenvalue weighted by Crippen LogP contribution is 2.60. The minimum Gasteiger partial charge on any atom is -0.670 e. The fourth-order valence-electron chi connectivity index (χ4n) is 2.65. The van der Waals surface area contributed by atoms with Gasteiger partial charge in [-0.25, -0.2) is 19.5 Å². The molecule has 0 aromatic carbocycles. The summed E-state index contributed by atoms with van der Waals surface area (Å²) in [5.74, 6) is 0.0337. The van der Waals surface area contributed by atoms with E-state index in [1.807, 2.05) is 0 Å². The number of nitrogens with zero attached hydrogens (tertiary/aromatic N) is 4. The van der Waals surface area contributed by atoms with Crippen molar-refractivity contribution in [2.45, 2.75) is 24.5 Å². The SMILES string of the molecule is Nc1ncnc2c1ncn2[C@@H]1O[C@H](COP(=O)(O)O[P+]([O-])([O-])N[P+]([O-])([O-])[O-])[C@@H](O)[C@H]1O. The van der Waals surface area contributed by atoms with Crippen molar-refractivity contribution in [3.05, 3.63) is 12.7 Å². The first-order valence-corrected chi connectivity index (χ1v) is 12.5. The van der Waals surface area contributed by atoms with Crippen LogP contribution >= 0.6 is 24.0 Å². The first-order chi connectivity index (χ1) is 14.2. The zero-order valence-corrected chi connectivity index (χ0v) is 17.6. The molecular weight excluding hydrogens is 489 g/mol. The Labute approximate surface area is 173 Å². The first kappa shape index (κ1) is 24.6. The number of rotatable bonds is 8. The monoisotopic (exact) mass is 503 g/mol. The van der Waals surface area contributed by atoms with Crippen molar-refractivity contribution in [1.82, 2.24) is 24.4 Å². The zero-order chi connectivity index (χ0) is 23.2. The van der Waals surface area contributed by atoms with Crippen molar-refractivity contribution in [3.63, 3.8) is 0 Å². The molecule has 6 N–H and O–H groups in total. The maximum Gasteiger partial charge on any atom is 0.507 e. The standard InChI is InChI=1S/C10H17N6O12P3/c11-8-5-9(13-2-12-8)16(3-14-5)10-7(18)6(17)4(27-10)1-26-31(24,25)28-30(22,23)15-29(19,20)21/h2-4,6-7,10,17-18H,1H2,(H,24,25)(H2,11,12,13)(H4,15,19,20,21,22,23)/p-3/t4-,6-,7-,10-/m1/s1. The molecule has 5 atom stereocenters. The average Bonchev–Trinajstić information content (AvgIpc) is 3.13. The Kier molecular flexibility index (Phi) is 6.92. The van der Waals surface area contributed by atoms with E-state index >= 15 is 0 Å². The van der Waals surface area contributed by atoms with Gasteiger partial charge in [0.05, 0.1) is 12.9 Å². The summed E-state index contributed by atoms with van der Waals surface area (Å²) < 4.78 is 26.4. The van der Waals surface area contributed by atoms with E-state index in [9.17, 15) is 44.1 Å². The predicted octanol–water partition coefficient (Wildman–Crippen LogP) is -6.09. The summed E-state index contributed by atoms with van der Waals surface area (Å²) in [6.45, 7) is -0.987. The Morgan fingerprint density at radius 3 is 2.55 bits per heavy atom. The fourth-order valence-corrected chi connectivity index (χ4v) is 5.93. The number of phosphoric acid groups is 1. The lowest BCUT2D eigenvalue weighted by Gasteiger charge is -2.46. The second-order valence-electron chi connectivity index (χ2n) is 6.07. The summed E-state index contributed by atoms with van der Waals surface area (Å²) in [6.07, 6.45) is -3.79. The summed E-state index contributed by atoms with van der Waals surface area (Å²) >= 11 is 0. The number of anilines is 1. The van der Waals surface area contributed by atoms with E-state index in [1.54, 1.807) is 0 Å². The smallest absolute Gasteiger partial charge is 0.507 e. The van der Waals surface area contributed by atoms with E-state index in [4.69, 9.17) is 10.5 Å².